The maximum absolute atomic E-state index is 11.5. The van der Waals surface area contributed by atoms with E-state index in [4.69, 9.17) is 16.7 Å². The van der Waals surface area contributed by atoms with Gasteiger partial charge in [-0.3, -0.25) is 14.9 Å². The highest BCUT2D eigenvalue weighted by Crippen LogP contribution is 2.36. The molecule has 0 aliphatic heterocycles. The second-order valence-electron chi connectivity index (χ2n) is 4.67. The number of nitriles is 1. The average Bonchev–Trinajstić information content (AvgIpc) is 2.91. The molecule has 1 aromatic carbocycles. The Kier molecular flexibility index (Phi) is 5.13. The molecule has 6 N–H and O–H groups in total. The third kappa shape index (κ3) is 4.08. The average molecular weight is 343 g/mol. The third-order valence-electron chi connectivity index (χ3n) is 2.90. The number of urea groups is 1. The lowest BCUT2D eigenvalue weighted by Crippen LogP contribution is -2.21. The van der Waals surface area contributed by atoms with E-state index in [9.17, 15) is 14.4 Å². The number of anilines is 2. The minimum Gasteiger partial charge on any atom is -0.366 e. The Balaban J connectivity index is 2.35. The van der Waals surface area contributed by atoms with Crippen molar-refractivity contribution in [3.05, 3.63) is 35.9 Å². The fraction of sp³-hybridized carbons (Fsp3) is 0.0667. The van der Waals surface area contributed by atoms with Crippen molar-refractivity contribution in [2.45, 2.75) is 6.42 Å². The summed E-state index contributed by atoms with van der Waals surface area (Å²) in [7, 11) is 0. The van der Waals surface area contributed by atoms with Crippen LogP contribution in [0, 0.1) is 11.3 Å². The summed E-state index contributed by atoms with van der Waals surface area (Å²) in [6.45, 7) is 0. The molecule has 0 saturated carbocycles. The van der Waals surface area contributed by atoms with E-state index in [1.165, 1.54) is 6.07 Å². The first-order chi connectivity index (χ1) is 11.4. The molecule has 0 aliphatic carbocycles. The van der Waals surface area contributed by atoms with E-state index in [0.717, 1.165) is 11.3 Å². The lowest BCUT2D eigenvalue weighted by atomic mass is 10.1. The van der Waals surface area contributed by atoms with Crippen molar-refractivity contribution < 1.29 is 14.4 Å². The number of hydrogen-bond donors (Lipinski definition) is 4. The van der Waals surface area contributed by atoms with Crippen molar-refractivity contribution in [1.29, 1.82) is 5.26 Å². The smallest absolute Gasteiger partial charge is 0.317 e. The van der Waals surface area contributed by atoms with Crippen molar-refractivity contribution >= 4 is 39.9 Å². The van der Waals surface area contributed by atoms with Crippen LogP contribution in [0.5, 0.6) is 0 Å². The highest BCUT2D eigenvalue weighted by molar-refractivity contribution is 7.20. The lowest BCUT2D eigenvalue weighted by molar-refractivity contribution is -0.115. The van der Waals surface area contributed by atoms with E-state index in [0.29, 0.717) is 16.1 Å². The third-order valence-corrected chi connectivity index (χ3v) is 4.00. The van der Waals surface area contributed by atoms with Gasteiger partial charge in [-0.05, 0) is 23.8 Å². The minimum absolute atomic E-state index is 0.146. The summed E-state index contributed by atoms with van der Waals surface area (Å²) in [5, 5.41) is 13.7. The number of amides is 4. The summed E-state index contributed by atoms with van der Waals surface area (Å²) in [5.74, 6) is -1.12. The quantitative estimate of drug-likeness (QED) is 0.654. The zero-order valence-electron chi connectivity index (χ0n) is 12.3. The Morgan fingerprint density at radius 1 is 1.17 bits per heavy atom. The molecule has 0 bridgehead atoms. The molecule has 1 aromatic heterocycles. The number of hydrogen-bond acceptors (Lipinski definition) is 5. The molecule has 0 aliphatic rings. The van der Waals surface area contributed by atoms with E-state index in [-0.39, 0.29) is 17.0 Å². The van der Waals surface area contributed by atoms with Gasteiger partial charge >= 0.3 is 6.03 Å². The van der Waals surface area contributed by atoms with Crippen molar-refractivity contribution in [1.82, 2.24) is 0 Å². The van der Waals surface area contributed by atoms with E-state index in [1.54, 1.807) is 30.3 Å². The number of rotatable bonds is 5. The van der Waals surface area contributed by atoms with Crippen LogP contribution in [-0.2, 0) is 4.79 Å². The molecule has 2 aromatic rings. The molecule has 122 valence electrons. The fourth-order valence-electron chi connectivity index (χ4n) is 1.95. The van der Waals surface area contributed by atoms with Gasteiger partial charge in [-0.1, -0.05) is 12.1 Å². The number of benzene rings is 1. The molecule has 0 radical (unpaired) electrons. The van der Waals surface area contributed by atoms with Crippen LogP contribution in [0.25, 0.3) is 10.4 Å². The molecule has 2 rings (SSSR count). The summed E-state index contributed by atoms with van der Waals surface area (Å²) in [6.07, 6.45) is -0.248. The predicted octanol–water partition coefficient (Wildman–Crippen LogP) is 1.86. The maximum atomic E-state index is 11.5. The molecular formula is C15H13N5O3S. The SMILES string of the molecule is N#CCC(=O)Nc1cccc(-c2cc(C(N)=O)c(NC(N)=O)s2)c1. The molecule has 1 heterocycles. The molecule has 0 saturated heterocycles. The molecule has 0 fully saturated rings. The number of carbonyl (C=O) groups is 3. The maximum Gasteiger partial charge on any atom is 0.317 e. The number of thiophene rings is 1. The van der Waals surface area contributed by atoms with Gasteiger partial charge in [0.2, 0.25) is 5.91 Å². The highest BCUT2D eigenvalue weighted by atomic mass is 32.1. The van der Waals surface area contributed by atoms with E-state index >= 15 is 0 Å². The minimum atomic E-state index is -0.802. The monoisotopic (exact) mass is 343 g/mol. The van der Waals surface area contributed by atoms with Gasteiger partial charge in [-0.25, -0.2) is 4.79 Å². The summed E-state index contributed by atoms with van der Waals surface area (Å²) < 4.78 is 0. The van der Waals surface area contributed by atoms with E-state index < -0.39 is 17.8 Å². The Morgan fingerprint density at radius 2 is 1.92 bits per heavy atom. The highest BCUT2D eigenvalue weighted by Gasteiger charge is 2.16. The summed E-state index contributed by atoms with van der Waals surface area (Å²) in [4.78, 5) is 34.6. The van der Waals surface area contributed by atoms with Crippen LogP contribution >= 0.6 is 11.3 Å². The first-order valence-electron chi connectivity index (χ1n) is 6.68. The van der Waals surface area contributed by atoms with Crippen LogP contribution in [0.1, 0.15) is 16.8 Å². The summed E-state index contributed by atoms with van der Waals surface area (Å²) in [5.41, 5.74) is 11.7. The zero-order chi connectivity index (χ0) is 17.7. The van der Waals surface area contributed by atoms with Gasteiger partial charge in [-0.2, -0.15) is 5.26 Å². The van der Waals surface area contributed by atoms with Crippen molar-refractivity contribution in [2.75, 3.05) is 10.6 Å². The van der Waals surface area contributed by atoms with Crippen LogP contribution < -0.4 is 22.1 Å². The normalized spacial score (nSPS) is 9.79. The summed E-state index contributed by atoms with van der Waals surface area (Å²) in [6, 6.07) is 9.33. The van der Waals surface area contributed by atoms with Crippen LogP contribution in [0.2, 0.25) is 0 Å². The standard InChI is InChI=1S/C15H13N5O3S/c16-5-4-12(21)19-9-3-1-2-8(6-9)11-7-10(13(17)22)14(24-11)20-15(18)23/h1-3,6-7H,4H2,(H2,17,22)(H,19,21)(H3,18,20,23). The van der Waals surface area contributed by atoms with Crippen LogP contribution in [-0.4, -0.2) is 17.8 Å². The fourth-order valence-corrected chi connectivity index (χ4v) is 3.01. The molecular weight excluding hydrogens is 330 g/mol. The Morgan fingerprint density at radius 3 is 2.54 bits per heavy atom. The van der Waals surface area contributed by atoms with Gasteiger partial charge in [0.15, 0.2) is 0 Å². The molecule has 8 nitrogen and oxygen atoms in total. The topological polar surface area (TPSA) is 151 Å². The first kappa shape index (κ1) is 17.0. The van der Waals surface area contributed by atoms with Gasteiger partial charge in [0, 0.05) is 10.6 Å². The van der Waals surface area contributed by atoms with E-state index in [1.807, 2.05) is 0 Å². The molecule has 9 heteroatoms. The van der Waals surface area contributed by atoms with Crippen LogP contribution in [0.4, 0.5) is 15.5 Å². The number of nitrogens with one attached hydrogen (secondary N) is 2. The first-order valence-corrected chi connectivity index (χ1v) is 7.49. The molecule has 0 atom stereocenters. The zero-order valence-corrected chi connectivity index (χ0v) is 13.1. The molecule has 4 amide bonds. The largest absolute Gasteiger partial charge is 0.366 e. The second kappa shape index (κ2) is 7.26. The lowest BCUT2D eigenvalue weighted by Gasteiger charge is -2.04. The van der Waals surface area contributed by atoms with Crippen molar-refractivity contribution in [3.8, 4) is 16.5 Å². The molecule has 24 heavy (non-hydrogen) atoms. The van der Waals surface area contributed by atoms with Gasteiger partial charge in [0.25, 0.3) is 5.91 Å². The van der Waals surface area contributed by atoms with Crippen LogP contribution in [0.15, 0.2) is 30.3 Å². The Hall–Kier alpha value is -3.38. The van der Waals surface area contributed by atoms with Crippen molar-refractivity contribution in [2.24, 2.45) is 11.5 Å². The number of carbonyl (C=O) groups excluding carboxylic acids is 3. The Labute approximate surface area is 141 Å². The van der Waals surface area contributed by atoms with Gasteiger partial charge in [-0.15, -0.1) is 11.3 Å². The molecule has 0 spiro atoms. The number of nitrogens with two attached hydrogens (primary N) is 2. The number of nitrogens with zero attached hydrogens (tertiary/aromatic N) is 1. The molecule has 0 unspecified atom stereocenters. The van der Waals surface area contributed by atoms with E-state index in [2.05, 4.69) is 10.6 Å². The summed E-state index contributed by atoms with van der Waals surface area (Å²) >= 11 is 1.13. The predicted molar refractivity (Wildman–Crippen MR) is 90.3 cm³/mol. The number of primary amides is 2. The van der Waals surface area contributed by atoms with Crippen molar-refractivity contribution in [3.63, 3.8) is 0 Å². The Bertz CT molecular complexity index is 853. The van der Waals surface area contributed by atoms with Crippen LogP contribution in [0.3, 0.4) is 0 Å². The van der Waals surface area contributed by atoms with Gasteiger partial charge in [0.05, 0.1) is 11.6 Å². The second-order valence-corrected chi connectivity index (χ2v) is 5.72. The van der Waals surface area contributed by atoms with Gasteiger partial charge in [0.1, 0.15) is 11.4 Å². The van der Waals surface area contributed by atoms with Gasteiger partial charge < -0.3 is 16.8 Å².